The van der Waals surface area contributed by atoms with Crippen LogP contribution in [0.3, 0.4) is 0 Å². The molecule has 8 heteroatoms. The molecule has 4 rings (SSSR count). The lowest BCUT2D eigenvalue weighted by molar-refractivity contribution is -0.125. The SMILES string of the molecule is CC[C@H](SC1=Nc2ccccc2C2=N[C@@H](CC(C)C)C(=O)N12)C(=O)Nc1ccccc1F. The molecule has 0 spiro atoms. The molecular weight excluding hydrogens is 427 g/mol. The third-order valence-electron chi connectivity index (χ3n) is 5.28. The molecule has 2 heterocycles. The number of carbonyl (C=O) groups is 2. The average molecular weight is 453 g/mol. The van der Waals surface area contributed by atoms with Crippen molar-refractivity contribution in [3.05, 3.63) is 59.9 Å². The van der Waals surface area contributed by atoms with E-state index in [4.69, 9.17) is 9.98 Å². The second kappa shape index (κ2) is 9.24. The van der Waals surface area contributed by atoms with Crippen molar-refractivity contribution in [2.45, 2.75) is 44.9 Å². The third kappa shape index (κ3) is 4.32. The Hall–Kier alpha value is -3.00. The highest BCUT2D eigenvalue weighted by Crippen LogP contribution is 2.36. The summed E-state index contributed by atoms with van der Waals surface area (Å²) in [5.74, 6) is -0.0665. The first kappa shape index (κ1) is 22.2. The van der Waals surface area contributed by atoms with Gasteiger partial charge in [-0.2, -0.15) is 0 Å². The zero-order valence-electron chi connectivity index (χ0n) is 18.2. The van der Waals surface area contributed by atoms with Crippen LogP contribution in [0.4, 0.5) is 15.8 Å². The van der Waals surface area contributed by atoms with E-state index >= 15 is 0 Å². The highest BCUT2D eigenvalue weighted by atomic mass is 32.2. The number of nitrogens with one attached hydrogen (secondary N) is 1. The second-order valence-electron chi connectivity index (χ2n) is 8.17. The fourth-order valence-corrected chi connectivity index (χ4v) is 4.73. The molecule has 0 fully saturated rings. The Balaban J connectivity index is 1.63. The Labute approximate surface area is 191 Å². The van der Waals surface area contributed by atoms with Gasteiger partial charge < -0.3 is 5.32 Å². The van der Waals surface area contributed by atoms with Gasteiger partial charge in [-0.1, -0.05) is 56.8 Å². The average Bonchev–Trinajstić information content (AvgIpc) is 3.09. The van der Waals surface area contributed by atoms with Gasteiger partial charge in [-0.05, 0) is 43.0 Å². The maximum Gasteiger partial charge on any atom is 0.259 e. The number of para-hydroxylation sites is 2. The normalized spacial score (nSPS) is 18.1. The quantitative estimate of drug-likeness (QED) is 0.672. The first-order valence-corrected chi connectivity index (χ1v) is 11.6. The van der Waals surface area contributed by atoms with Crippen molar-refractivity contribution in [2.75, 3.05) is 5.32 Å². The summed E-state index contributed by atoms with van der Waals surface area (Å²) in [7, 11) is 0. The Morgan fingerprint density at radius 2 is 1.91 bits per heavy atom. The van der Waals surface area contributed by atoms with Crippen molar-refractivity contribution in [3.63, 3.8) is 0 Å². The van der Waals surface area contributed by atoms with E-state index in [-0.39, 0.29) is 17.5 Å². The Kier molecular flexibility index (Phi) is 6.41. The van der Waals surface area contributed by atoms with Crippen LogP contribution >= 0.6 is 11.8 Å². The molecule has 2 aromatic carbocycles. The minimum atomic E-state index is -0.559. The first-order valence-electron chi connectivity index (χ1n) is 10.7. The number of carbonyl (C=O) groups excluding carboxylic acids is 2. The predicted octanol–water partition coefficient (Wildman–Crippen LogP) is 4.98. The summed E-state index contributed by atoms with van der Waals surface area (Å²) in [5, 5.41) is 2.52. The Morgan fingerprint density at radius 3 is 2.62 bits per heavy atom. The van der Waals surface area contributed by atoms with Gasteiger partial charge in [-0.3, -0.25) is 14.6 Å². The zero-order chi connectivity index (χ0) is 22.8. The second-order valence-corrected chi connectivity index (χ2v) is 9.34. The third-order valence-corrected chi connectivity index (χ3v) is 6.60. The number of benzene rings is 2. The van der Waals surface area contributed by atoms with Crippen LogP contribution in [-0.4, -0.2) is 39.0 Å². The van der Waals surface area contributed by atoms with Gasteiger partial charge >= 0.3 is 0 Å². The molecule has 0 saturated carbocycles. The number of amidine groups is 2. The van der Waals surface area contributed by atoms with Crippen LogP contribution in [0.15, 0.2) is 58.5 Å². The highest BCUT2D eigenvalue weighted by molar-refractivity contribution is 8.15. The summed E-state index contributed by atoms with van der Waals surface area (Å²) in [6, 6.07) is 13.1. The van der Waals surface area contributed by atoms with Gasteiger partial charge in [-0.15, -0.1) is 0 Å². The number of halogens is 1. The van der Waals surface area contributed by atoms with E-state index < -0.39 is 17.1 Å². The van der Waals surface area contributed by atoms with E-state index in [2.05, 4.69) is 19.2 Å². The zero-order valence-corrected chi connectivity index (χ0v) is 19.0. The van der Waals surface area contributed by atoms with Crippen molar-refractivity contribution < 1.29 is 14.0 Å². The van der Waals surface area contributed by atoms with E-state index in [0.717, 1.165) is 5.56 Å². The van der Waals surface area contributed by atoms with Gasteiger partial charge in [-0.25, -0.2) is 14.3 Å². The standard InChI is InChI=1S/C24H25FN4O2S/c1-4-20(22(30)27-18-12-8-6-10-16(18)25)32-24-28-17-11-7-5-9-15(17)21-26-19(13-14(2)3)23(31)29(21)24/h5-12,14,19-20H,4,13H2,1-3H3,(H,27,30)/t19-,20-/m0/s1. The van der Waals surface area contributed by atoms with Crippen molar-refractivity contribution in [1.29, 1.82) is 0 Å². The molecule has 0 unspecified atom stereocenters. The molecule has 2 atom stereocenters. The molecule has 2 aromatic rings. The fourth-order valence-electron chi connectivity index (χ4n) is 3.71. The smallest absolute Gasteiger partial charge is 0.259 e. The monoisotopic (exact) mass is 452 g/mol. The number of anilines is 1. The molecule has 1 N–H and O–H groups in total. The van der Waals surface area contributed by atoms with Crippen LogP contribution in [0.2, 0.25) is 0 Å². The predicted molar refractivity (Wildman–Crippen MR) is 127 cm³/mol. The van der Waals surface area contributed by atoms with E-state index in [1.807, 2.05) is 31.2 Å². The number of rotatable bonds is 6. The van der Waals surface area contributed by atoms with E-state index in [0.29, 0.717) is 35.5 Å². The lowest BCUT2D eigenvalue weighted by Gasteiger charge is -2.27. The fraction of sp³-hybridized carbons (Fsp3) is 0.333. The van der Waals surface area contributed by atoms with Crippen molar-refractivity contribution in [2.24, 2.45) is 15.9 Å². The molecule has 0 bridgehead atoms. The molecule has 0 aliphatic carbocycles. The number of aliphatic imine (C=N–C) groups is 2. The Bertz CT molecular complexity index is 1110. The minimum Gasteiger partial charge on any atom is -0.323 e. The van der Waals surface area contributed by atoms with E-state index in [9.17, 15) is 14.0 Å². The molecule has 0 aromatic heterocycles. The molecular formula is C24H25FN4O2S. The maximum absolute atomic E-state index is 14.0. The molecule has 6 nitrogen and oxygen atoms in total. The summed E-state index contributed by atoms with van der Waals surface area (Å²) < 4.78 is 14.0. The van der Waals surface area contributed by atoms with Gasteiger partial charge in [0.25, 0.3) is 5.91 Å². The highest BCUT2D eigenvalue weighted by Gasteiger charge is 2.42. The molecule has 166 valence electrons. The van der Waals surface area contributed by atoms with Gasteiger partial charge in [0.15, 0.2) is 5.17 Å². The van der Waals surface area contributed by atoms with E-state index in [1.54, 1.807) is 17.0 Å². The van der Waals surface area contributed by atoms with Crippen LogP contribution in [0.5, 0.6) is 0 Å². The molecule has 2 aliphatic heterocycles. The minimum absolute atomic E-state index is 0.126. The Morgan fingerprint density at radius 1 is 1.19 bits per heavy atom. The van der Waals surface area contributed by atoms with Gasteiger partial charge in [0, 0.05) is 5.56 Å². The summed E-state index contributed by atoms with van der Waals surface area (Å²) in [6.07, 6.45) is 1.12. The number of hydrogen-bond donors (Lipinski definition) is 1. The van der Waals surface area contributed by atoms with Crippen LogP contribution < -0.4 is 5.32 Å². The van der Waals surface area contributed by atoms with E-state index in [1.165, 1.54) is 23.9 Å². The lowest BCUT2D eigenvalue weighted by atomic mass is 10.0. The molecule has 32 heavy (non-hydrogen) atoms. The molecule has 2 amide bonds. The summed E-state index contributed by atoms with van der Waals surface area (Å²) in [6.45, 7) is 5.99. The van der Waals surface area contributed by atoms with Crippen LogP contribution in [0.25, 0.3) is 0 Å². The number of fused-ring (bicyclic) bond motifs is 3. The van der Waals surface area contributed by atoms with Crippen molar-refractivity contribution in [3.8, 4) is 0 Å². The van der Waals surface area contributed by atoms with Crippen molar-refractivity contribution >= 4 is 46.0 Å². The number of thioether (sulfide) groups is 1. The summed E-state index contributed by atoms with van der Waals surface area (Å²) in [5.41, 5.74) is 1.65. The lowest BCUT2D eigenvalue weighted by Crippen LogP contribution is -2.42. The summed E-state index contributed by atoms with van der Waals surface area (Å²) >= 11 is 1.20. The van der Waals surface area contributed by atoms with Gasteiger partial charge in [0.05, 0.1) is 16.6 Å². The van der Waals surface area contributed by atoms with Crippen LogP contribution in [-0.2, 0) is 9.59 Å². The number of hydrogen-bond acceptors (Lipinski definition) is 5. The van der Waals surface area contributed by atoms with Gasteiger partial charge in [0.1, 0.15) is 17.7 Å². The summed E-state index contributed by atoms with van der Waals surface area (Å²) in [4.78, 5) is 37.1. The molecule has 0 radical (unpaired) electrons. The largest absolute Gasteiger partial charge is 0.323 e. The van der Waals surface area contributed by atoms with Crippen molar-refractivity contribution in [1.82, 2.24) is 4.90 Å². The van der Waals surface area contributed by atoms with Crippen LogP contribution in [0.1, 0.15) is 39.2 Å². The number of nitrogens with zero attached hydrogens (tertiary/aromatic N) is 3. The first-order chi connectivity index (χ1) is 15.4. The molecule has 2 aliphatic rings. The topological polar surface area (TPSA) is 74.1 Å². The van der Waals surface area contributed by atoms with Crippen LogP contribution in [0, 0.1) is 11.7 Å². The maximum atomic E-state index is 14.0. The van der Waals surface area contributed by atoms with Gasteiger partial charge in [0.2, 0.25) is 5.91 Å². The number of amides is 2. The molecule has 0 saturated heterocycles.